The van der Waals surface area contributed by atoms with Gasteiger partial charge in [0.2, 0.25) is 0 Å². The Morgan fingerprint density at radius 2 is 1.57 bits per heavy atom. The number of aliphatic hydroxyl groups excluding tert-OH is 4. The van der Waals surface area contributed by atoms with Crippen LogP contribution in [-0.2, 0) is 20.6 Å². The summed E-state index contributed by atoms with van der Waals surface area (Å²) in [6.07, 6.45) is -6.81. The molecule has 2 fully saturated rings. The van der Waals surface area contributed by atoms with Crippen molar-refractivity contribution in [2.75, 3.05) is 34.0 Å². The van der Waals surface area contributed by atoms with Crippen LogP contribution in [-0.4, -0.2) is 95.4 Å². The van der Waals surface area contributed by atoms with Gasteiger partial charge in [-0.05, 0) is 47.7 Å². The fourth-order valence-corrected chi connectivity index (χ4v) is 4.93. The second-order valence-electron chi connectivity index (χ2n) is 9.35. The molecule has 2 aromatic carbocycles. The van der Waals surface area contributed by atoms with Gasteiger partial charge in [0.25, 0.3) is 0 Å². The summed E-state index contributed by atoms with van der Waals surface area (Å²) in [6.45, 7) is -0.130. The zero-order valence-electron chi connectivity index (χ0n) is 20.6. The predicted molar refractivity (Wildman–Crippen MR) is 128 cm³/mol. The van der Waals surface area contributed by atoms with E-state index in [-0.39, 0.29) is 29.9 Å². The lowest BCUT2D eigenvalue weighted by Gasteiger charge is -2.40. The Kier molecular flexibility index (Phi) is 8.75. The van der Waals surface area contributed by atoms with Gasteiger partial charge in [-0.15, -0.1) is 0 Å². The van der Waals surface area contributed by atoms with Gasteiger partial charge in [0, 0.05) is 5.92 Å². The molecule has 11 nitrogen and oxygen atoms in total. The van der Waals surface area contributed by atoms with E-state index in [0.29, 0.717) is 24.5 Å². The van der Waals surface area contributed by atoms with E-state index in [1.54, 1.807) is 30.3 Å². The molecule has 0 spiro atoms. The zero-order valence-corrected chi connectivity index (χ0v) is 20.6. The highest BCUT2D eigenvalue weighted by atomic mass is 16.7. The van der Waals surface area contributed by atoms with Crippen LogP contribution >= 0.6 is 0 Å². The SMILES string of the molecule is COc1cc(C[C@H]2CO[C@H](c3ccc(O)c(OC)c3)[C@@H]2CO[C@@H]2O[C@@H](CO)[C@@H](O)[C@@H](O)[C@H]2O)ccc1O. The lowest BCUT2D eigenvalue weighted by atomic mass is 9.84. The molecular weight excluding hydrogens is 488 g/mol. The number of hydrogen-bond donors (Lipinski definition) is 6. The van der Waals surface area contributed by atoms with E-state index in [9.17, 15) is 30.6 Å². The highest BCUT2D eigenvalue weighted by Crippen LogP contribution is 2.43. The molecule has 2 heterocycles. The second-order valence-corrected chi connectivity index (χ2v) is 9.35. The monoisotopic (exact) mass is 522 g/mol. The van der Waals surface area contributed by atoms with Gasteiger partial charge in [0.15, 0.2) is 29.3 Å². The third-order valence-electron chi connectivity index (χ3n) is 7.06. The summed E-state index contributed by atoms with van der Waals surface area (Å²) in [4.78, 5) is 0. The van der Waals surface area contributed by atoms with Crippen molar-refractivity contribution in [2.24, 2.45) is 11.8 Å². The van der Waals surface area contributed by atoms with Gasteiger partial charge < -0.3 is 54.3 Å². The van der Waals surface area contributed by atoms with Gasteiger partial charge in [0.1, 0.15) is 24.4 Å². The second kappa shape index (κ2) is 11.8. The molecule has 4 rings (SSSR count). The van der Waals surface area contributed by atoms with E-state index in [1.807, 2.05) is 0 Å². The van der Waals surface area contributed by atoms with Gasteiger partial charge in [-0.3, -0.25) is 0 Å². The van der Waals surface area contributed by atoms with Gasteiger partial charge in [0.05, 0.1) is 40.1 Å². The molecule has 0 amide bonds. The highest BCUT2D eigenvalue weighted by Gasteiger charge is 2.45. The Hall–Kier alpha value is -2.64. The number of phenols is 2. The first-order valence-electron chi connectivity index (χ1n) is 12.0. The number of ether oxygens (including phenoxy) is 5. The molecule has 2 aliphatic heterocycles. The fourth-order valence-electron chi connectivity index (χ4n) is 4.93. The Morgan fingerprint density at radius 1 is 0.892 bits per heavy atom. The van der Waals surface area contributed by atoms with Crippen molar-refractivity contribution in [1.29, 1.82) is 0 Å². The number of rotatable bonds is 9. The zero-order chi connectivity index (χ0) is 26.7. The number of methoxy groups -OCH3 is 2. The Morgan fingerprint density at radius 3 is 2.24 bits per heavy atom. The summed E-state index contributed by atoms with van der Waals surface area (Å²) < 4.78 is 28.1. The van der Waals surface area contributed by atoms with Crippen molar-refractivity contribution in [1.82, 2.24) is 0 Å². The van der Waals surface area contributed by atoms with Gasteiger partial charge in [-0.2, -0.15) is 0 Å². The molecule has 0 bridgehead atoms. The largest absolute Gasteiger partial charge is 0.504 e. The first-order valence-corrected chi connectivity index (χ1v) is 12.0. The molecule has 0 unspecified atom stereocenters. The molecule has 37 heavy (non-hydrogen) atoms. The summed E-state index contributed by atoms with van der Waals surface area (Å²) in [5.74, 6) is 0.341. The topological polar surface area (TPSA) is 168 Å². The first-order chi connectivity index (χ1) is 17.8. The molecule has 0 aromatic heterocycles. The fraction of sp³-hybridized carbons (Fsp3) is 0.538. The summed E-state index contributed by atoms with van der Waals surface area (Å²) in [6, 6.07) is 10.0. The predicted octanol–water partition coefficient (Wildman–Crippen LogP) is 0.478. The third kappa shape index (κ3) is 5.78. The maximum atomic E-state index is 10.4. The Bertz CT molecular complexity index is 1050. The number of aliphatic hydroxyl groups is 4. The smallest absolute Gasteiger partial charge is 0.186 e. The van der Waals surface area contributed by atoms with Crippen molar-refractivity contribution >= 4 is 0 Å². The standard InChI is InChI=1S/C26H34O11/c1-33-19-8-13(3-5-17(19)28)7-15-11-35-25(14-4-6-18(29)20(9-14)34-2)16(15)12-36-26-24(32)23(31)22(30)21(10-27)37-26/h3-6,8-9,15-16,21-32H,7,10-12H2,1-2H3/t15-,16+,21-,22+,23+,24+,25+,26+/m0/s1. The van der Waals surface area contributed by atoms with Crippen LogP contribution in [0.3, 0.4) is 0 Å². The first kappa shape index (κ1) is 27.4. The van der Waals surface area contributed by atoms with Crippen LogP contribution in [0.5, 0.6) is 23.0 Å². The minimum Gasteiger partial charge on any atom is -0.504 e. The van der Waals surface area contributed by atoms with Crippen molar-refractivity contribution < 1.29 is 54.3 Å². The van der Waals surface area contributed by atoms with Crippen LogP contribution < -0.4 is 9.47 Å². The molecule has 8 atom stereocenters. The van der Waals surface area contributed by atoms with Crippen LogP contribution in [0.15, 0.2) is 36.4 Å². The maximum Gasteiger partial charge on any atom is 0.186 e. The van der Waals surface area contributed by atoms with Crippen LogP contribution in [0.2, 0.25) is 0 Å². The molecule has 11 heteroatoms. The summed E-state index contributed by atoms with van der Waals surface area (Å²) >= 11 is 0. The lowest BCUT2D eigenvalue weighted by molar-refractivity contribution is -0.304. The van der Waals surface area contributed by atoms with E-state index in [4.69, 9.17) is 23.7 Å². The van der Waals surface area contributed by atoms with E-state index in [1.165, 1.54) is 20.3 Å². The Labute approximate surface area is 214 Å². The summed E-state index contributed by atoms with van der Waals surface area (Å²) in [5.41, 5.74) is 1.66. The maximum absolute atomic E-state index is 10.4. The molecule has 2 saturated heterocycles. The molecule has 0 aliphatic carbocycles. The Balaban J connectivity index is 1.57. The molecule has 2 aliphatic rings. The number of benzene rings is 2. The average Bonchev–Trinajstić information content (AvgIpc) is 3.30. The minimum absolute atomic E-state index is 0.00824. The van der Waals surface area contributed by atoms with Crippen molar-refractivity contribution in [2.45, 2.75) is 43.2 Å². The van der Waals surface area contributed by atoms with E-state index in [0.717, 1.165) is 11.1 Å². The molecular formula is C26H34O11. The van der Waals surface area contributed by atoms with Crippen molar-refractivity contribution in [3.8, 4) is 23.0 Å². The van der Waals surface area contributed by atoms with E-state index in [2.05, 4.69) is 0 Å². The number of hydrogen-bond acceptors (Lipinski definition) is 11. The molecule has 2 aromatic rings. The summed E-state index contributed by atoms with van der Waals surface area (Å²) in [5, 5.41) is 60.0. The molecule has 6 N–H and O–H groups in total. The third-order valence-corrected chi connectivity index (χ3v) is 7.06. The van der Waals surface area contributed by atoms with E-state index >= 15 is 0 Å². The number of phenolic OH excluding ortho intramolecular Hbond substituents is 2. The molecule has 204 valence electrons. The number of aromatic hydroxyl groups is 2. The lowest BCUT2D eigenvalue weighted by Crippen LogP contribution is -2.59. The van der Waals surface area contributed by atoms with Crippen LogP contribution in [0.4, 0.5) is 0 Å². The van der Waals surface area contributed by atoms with Gasteiger partial charge in [-0.25, -0.2) is 0 Å². The van der Waals surface area contributed by atoms with Crippen molar-refractivity contribution in [3.63, 3.8) is 0 Å². The molecule has 0 radical (unpaired) electrons. The highest BCUT2D eigenvalue weighted by molar-refractivity contribution is 5.43. The van der Waals surface area contributed by atoms with Gasteiger partial charge in [-0.1, -0.05) is 12.1 Å². The minimum atomic E-state index is -1.55. The van der Waals surface area contributed by atoms with E-state index < -0.39 is 43.4 Å². The average molecular weight is 523 g/mol. The normalized spacial score (nSPS) is 31.8. The van der Waals surface area contributed by atoms with Crippen LogP contribution in [0.1, 0.15) is 17.2 Å². The van der Waals surface area contributed by atoms with Crippen LogP contribution in [0, 0.1) is 11.8 Å². The van der Waals surface area contributed by atoms with Crippen LogP contribution in [0.25, 0.3) is 0 Å². The van der Waals surface area contributed by atoms with Crippen molar-refractivity contribution in [3.05, 3.63) is 47.5 Å². The quantitative estimate of drug-likeness (QED) is 0.271. The molecule has 0 saturated carbocycles. The van der Waals surface area contributed by atoms with Gasteiger partial charge >= 0.3 is 0 Å². The summed E-state index contributed by atoms with van der Waals surface area (Å²) in [7, 11) is 2.93.